The van der Waals surface area contributed by atoms with E-state index in [1.54, 1.807) is 30.0 Å². The van der Waals surface area contributed by atoms with Crippen molar-refractivity contribution < 1.29 is 9.69 Å². The highest BCUT2D eigenvalue weighted by atomic mass is 32.2. The predicted molar refractivity (Wildman–Crippen MR) is 116 cm³/mol. The first-order valence-corrected chi connectivity index (χ1v) is 11.5. The first kappa shape index (κ1) is 20.5. The zero-order valence-electron chi connectivity index (χ0n) is 16.1. The van der Waals surface area contributed by atoms with Crippen LogP contribution in [0.15, 0.2) is 28.6 Å². The number of carbonyl (C=O) groups excluding carboxylic acids is 1. The average molecular weight is 424 g/mol. The first-order valence-electron chi connectivity index (χ1n) is 9.32. The number of hydrogen-bond donors (Lipinski definition) is 1. The van der Waals surface area contributed by atoms with Crippen LogP contribution in [0, 0.1) is 9.87 Å². The Hall–Kier alpha value is -1.22. The van der Waals surface area contributed by atoms with Crippen LogP contribution in [0.5, 0.6) is 0 Å². The maximum absolute atomic E-state index is 11.4. The molecule has 1 aliphatic rings. The van der Waals surface area contributed by atoms with Crippen molar-refractivity contribution in [2.24, 2.45) is 5.92 Å². The molecule has 1 aromatic heterocycles. The van der Waals surface area contributed by atoms with E-state index in [1.807, 2.05) is 16.8 Å². The molecule has 0 saturated carbocycles. The molecule has 5 nitrogen and oxygen atoms in total. The van der Waals surface area contributed by atoms with Gasteiger partial charge in [-0.3, -0.25) is 4.79 Å². The van der Waals surface area contributed by atoms with Crippen LogP contribution in [0.3, 0.4) is 0 Å². The fraction of sp³-hybridized carbons (Fsp3) is 0.526. The molecule has 1 N–H and O–H groups in total. The van der Waals surface area contributed by atoms with Gasteiger partial charge in [0.2, 0.25) is 0 Å². The highest BCUT2D eigenvalue weighted by molar-refractivity contribution is 8.01. The Balaban J connectivity index is 1.53. The van der Waals surface area contributed by atoms with Gasteiger partial charge in [0.1, 0.15) is 0 Å². The van der Waals surface area contributed by atoms with E-state index in [9.17, 15) is 4.79 Å². The monoisotopic (exact) mass is 423 g/mol. The van der Waals surface area contributed by atoms with Gasteiger partial charge in [0.25, 0.3) is 0 Å². The van der Waals surface area contributed by atoms with Gasteiger partial charge in [-0.2, -0.15) is 4.68 Å². The molecule has 0 unspecified atom stereocenters. The van der Waals surface area contributed by atoms with Gasteiger partial charge < -0.3 is 9.80 Å². The maximum atomic E-state index is 11.4. The number of nitrogens with one attached hydrogen (secondary N) is 1. The number of Topliss-reactive ketones (excluding diaryl/α,β-unsaturated/α-hetero) is 1. The molecule has 0 radical (unpaired) electrons. The normalized spacial score (nSPS) is 15.5. The highest BCUT2D eigenvalue weighted by Crippen LogP contribution is 2.23. The van der Waals surface area contributed by atoms with Crippen LogP contribution in [-0.2, 0) is 6.67 Å². The zero-order chi connectivity index (χ0) is 19.4. The molecule has 0 spiro atoms. The lowest BCUT2D eigenvalue weighted by atomic mass is 10.1. The minimum Gasteiger partial charge on any atom is -0.360 e. The van der Waals surface area contributed by atoms with Crippen molar-refractivity contribution in [1.82, 2.24) is 9.78 Å². The third-order valence-corrected chi connectivity index (χ3v) is 7.48. The Morgan fingerprint density at radius 1 is 1.30 bits per heavy atom. The number of thioether (sulfide) groups is 1. The molecule has 1 fully saturated rings. The molecule has 146 valence electrons. The summed E-state index contributed by atoms with van der Waals surface area (Å²) in [5, 5.41) is 4.71. The minimum atomic E-state index is 0.113. The number of ketones is 1. The fourth-order valence-electron chi connectivity index (χ4n) is 3.04. The van der Waals surface area contributed by atoms with Crippen LogP contribution in [0.4, 0.5) is 5.69 Å². The van der Waals surface area contributed by atoms with Crippen molar-refractivity contribution >= 4 is 46.8 Å². The number of nitrogens with zero attached hydrogens (tertiary/aromatic N) is 3. The molecule has 0 bridgehead atoms. The zero-order valence-corrected chi connectivity index (χ0v) is 18.6. The van der Waals surface area contributed by atoms with Crippen LogP contribution >= 0.6 is 35.3 Å². The second-order valence-corrected chi connectivity index (χ2v) is 10.2. The van der Waals surface area contributed by atoms with Crippen LogP contribution in [0.25, 0.3) is 0 Å². The fourth-order valence-corrected chi connectivity index (χ4v) is 5.35. The maximum Gasteiger partial charge on any atom is 0.185 e. The molecule has 0 amide bonds. The van der Waals surface area contributed by atoms with Gasteiger partial charge in [0.15, 0.2) is 20.7 Å². The van der Waals surface area contributed by atoms with Crippen LogP contribution in [0.2, 0.25) is 0 Å². The van der Waals surface area contributed by atoms with Crippen molar-refractivity contribution in [2.45, 2.75) is 31.8 Å². The molecule has 1 aromatic carbocycles. The number of rotatable bonds is 7. The van der Waals surface area contributed by atoms with Gasteiger partial charge in [-0.25, -0.2) is 0 Å². The lowest BCUT2D eigenvalue weighted by Crippen LogP contribution is -3.14. The molecule has 3 rings (SSSR count). The molecule has 1 aliphatic heterocycles. The first-order chi connectivity index (χ1) is 12.9. The number of anilines is 1. The van der Waals surface area contributed by atoms with E-state index in [1.165, 1.54) is 10.6 Å². The second-order valence-electron chi connectivity index (χ2n) is 7.34. The molecule has 0 aliphatic carbocycles. The summed E-state index contributed by atoms with van der Waals surface area (Å²) >= 11 is 8.94. The van der Waals surface area contributed by atoms with Crippen LogP contribution in [0.1, 0.15) is 31.1 Å². The molecule has 0 atom stereocenters. The number of carbonyl (C=O) groups is 1. The van der Waals surface area contributed by atoms with Crippen molar-refractivity contribution in [3.8, 4) is 0 Å². The highest BCUT2D eigenvalue weighted by Gasteiger charge is 2.21. The largest absolute Gasteiger partial charge is 0.360 e. The van der Waals surface area contributed by atoms with E-state index in [2.05, 4.69) is 30.9 Å². The van der Waals surface area contributed by atoms with Gasteiger partial charge in [0.05, 0.1) is 26.2 Å². The van der Waals surface area contributed by atoms with E-state index < -0.39 is 0 Å². The quantitative estimate of drug-likeness (QED) is 0.421. The van der Waals surface area contributed by atoms with Crippen molar-refractivity contribution in [2.75, 3.05) is 36.8 Å². The summed E-state index contributed by atoms with van der Waals surface area (Å²) in [4.78, 5) is 15.3. The standard InChI is InChI=1S/C19H26N4OS3/c1-14(2)12-26-18-20-23(19(25)27-18)13-21-8-10-22(11-9-21)17-6-4-16(5-7-17)15(3)24/h4-7,14H,8-13H2,1-3H3/p+1. The SMILES string of the molecule is CC(=O)c1ccc(N2CC[NH+](Cn3nc(SCC(C)C)sc3=S)CC2)cc1. The Morgan fingerprint density at radius 3 is 2.56 bits per heavy atom. The molecule has 2 heterocycles. The summed E-state index contributed by atoms with van der Waals surface area (Å²) in [6.45, 7) is 11.0. The lowest BCUT2D eigenvalue weighted by Gasteiger charge is -2.33. The molecular weight excluding hydrogens is 396 g/mol. The van der Waals surface area contributed by atoms with Crippen molar-refractivity contribution in [1.29, 1.82) is 0 Å². The number of hydrogen-bond acceptors (Lipinski definition) is 6. The smallest absolute Gasteiger partial charge is 0.185 e. The van der Waals surface area contributed by atoms with Gasteiger partial charge in [-0.15, -0.1) is 5.10 Å². The number of piperazine rings is 1. The Morgan fingerprint density at radius 2 is 1.96 bits per heavy atom. The summed E-state index contributed by atoms with van der Waals surface area (Å²) < 4.78 is 3.95. The second kappa shape index (κ2) is 9.32. The summed E-state index contributed by atoms with van der Waals surface area (Å²) in [7, 11) is 0. The topological polar surface area (TPSA) is 42.6 Å². The Bertz CT molecular complexity index is 820. The van der Waals surface area contributed by atoms with Gasteiger partial charge in [-0.1, -0.05) is 36.9 Å². The van der Waals surface area contributed by atoms with Crippen LogP contribution in [-0.4, -0.2) is 47.5 Å². The van der Waals surface area contributed by atoms with Gasteiger partial charge >= 0.3 is 0 Å². The van der Waals surface area contributed by atoms with E-state index in [0.717, 1.165) is 52.5 Å². The van der Waals surface area contributed by atoms with E-state index >= 15 is 0 Å². The van der Waals surface area contributed by atoms with E-state index in [4.69, 9.17) is 17.3 Å². The minimum absolute atomic E-state index is 0.113. The predicted octanol–water partition coefficient (Wildman–Crippen LogP) is 2.99. The third-order valence-electron chi connectivity index (χ3n) is 4.61. The lowest BCUT2D eigenvalue weighted by molar-refractivity contribution is -0.924. The molecule has 8 heteroatoms. The van der Waals surface area contributed by atoms with Crippen molar-refractivity contribution in [3.05, 3.63) is 33.8 Å². The Labute approximate surface area is 174 Å². The van der Waals surface area contributed by atoms with E-state index in [0.29, 0.717) is 5.92 Å². The van der Waals surface area contributed by atoms with Gasteiger partial charge in [-0.05, 0) is 49.3 Å². The molecular formula is C19H27N4OS3+. The van der Waals surface area contributed by atoms with Crippen molar-refractivity contribution in [3.63, 3.8) is 0 Å². The number of quaternary nitrogens is 1. The average Bonchev–Trinajstić information content (AvgIpc) is 3.00. The van der Waals surface area contributed by atoms with Gasteiger partial charge in [0, 0.05) is 17.0 Å². The van der Waals surface area contributed by atoms with Crippen LogP contribution < -0.4 is 9.80 Å². The summed E-state index contributed by atoms with van der Waals surface area (Å²) in [5.74, 6) is 1.85. The third kappa shape index (κ3) is 5.63. The van der Waals surface area contributed by atoms with E-state index in [-0.39, 0.29) is 5.78 Å². The summed E-state index contributed by atoms with van der Waals surface area (Å²) in [6.07, 6.45) is 0. The number of benzene rings is 1. The number of aromatic nitrogens is 2. The summed E-state index contributed by atoms with van der Waals surface area (Å²) in [6, 6.07) is 7.94. The molecule has 27 heavy (non-hydrogen) atoms. The Kier molecular flexibility index (Phi) is 7.08. The summed E-state index contributed by atoms with van der Waals surface area (Å²) in [5.41, 5.74) is 1.96. The molecule has 1 saturated heterocycles. The molecule has 2 aromatic rings.